The van der Waals surface area contributed by atoms with E-state index in [1.807, 2.05) is 0 Å². The van der Waals surface area contributed by atoms with Crippen molar-refractivity contribution >= 4 is 94.2 Å². The zero-order chi connectivity index (χ0) is 46.2. The number of fused-ring (bicyclic) bond motifs is 9. The van der Waals surface area contributed by atoms with Gasteiger partial charge in [-0.1, -0.05) is 206 Å². The van der Waals surface area contributed by atoms with Crippen molar-refractivity contribution in [2.24, 2.45) is 0 Å². The van der Waals surface area contributed by atoms with Gasteiger partial charge in [-0.25, -0.2) is 0 Å². The molecule has 0 radical (unpaired) electrons. The van der Waals surface area contributed by atoms with Crippen molar-refractivity contribution in [2.75, 3.05) is 0 Å². The van der Waals surface area contributed by atoms with E-state index < -0.39 is 8.07 Å². The number of hydrogen-bond acceptors (Lipinski definition) is 0. The third-order valence-electron chi connectivity index (χ3n) is 14.8. The number of aromatic nitrogens is 3. The van der Waals surface area contributed by atoms with E-state index in [-0.39, 0.29) is 0 Å². The van der Waals surface area contributed by atoms with Crippen LogP contribution in [0.2, 0.25) is 0 Å². The highest BCUT2D eigenvalue weighted by atomic mass is 28.3. The SMILES string of the molecule is c1ccc(-c2cccc(-n3c4ccccc4c4ccc(-n5c6ccc(-n7c8ccccc8c8ccccc87)cc6c6ccc([Si](c7ccccc7)(c7ccccc7)c7ccccc7)cc65)cc43)c2)cc1. The summed E-state index contributed by atoms with van der Waals surface area (Å²) in [7, 11) is -2.88. The van der Waals surface area contributed by atoms with E-state index >= 15 is 0 Å². The first-order chi connectivity index (χ1) is 34.7. The summed E-state index contributed by atoms with van der Waals surface area (Å²) < 4.78 is 7.43. The Hall–Kier alpha value is -8.96. The van der Waals surface area contributed by atoms with Crippen LogP contribution in [0.4, 0.5) is 0 Å². The van der Waals surface area contributed by atoms with Gasteiger partial charge in [0.25, 0.3) is 0 Å². The average molecular weight is 908 g/mol. The quantitative estimate of drug-likeness (QED) is 0.107. The summed E-state index contributed by atoms with van der Waals surface area (Å²) in [5.74, 6) is 0. The van der Waals surface area contributed by atoms with Crippen LogP contribution in [0.3, 0.4) is 0 Å². The standard InChI is InChI=1S/C66H45N3Si/c1-5-20-46(21-6-1)47-22-19-23-48(42-47)68-63-35-18-15-32-57(63)58-39-36-50(44-65(58)68)69-64-41-37-49(67-61-33-16-13-30-55(61)56-31-14-17-34-62(56)67)43-60(64)59-40-38-54(45-66(59)69)70(51-24-7-2-8-25-51,52-26-9-3-10-27-52)53-28-11-4-12-29-53/h1-45H. The molecule has 0 unspecified atom stereocenters. The van der Waals surface area contributed by atoms with Crippen LogP contribution in [-0.2, 0) is 0 Å². The van der Waals surface area contributed by atoms with Crippen molar-refractivity contribution < 1.29 is 0 Å². The van der Waals surface area contributed by atoms with Crippen LogP contribution in [0.15, 0.2) is 273 Å². The number of para-hydroxylation sites is 3. The average Bonchev–Trinajstić information content (AvgIpc) is 4.07. The van der Waals surface area contributed by atoms with Gasteiger partial charge in [0.05, 0.1) is 33.1 Å². The Kier molecular flexibility index (Phi) is 9.23. The van der Waals surface area contributed by atoms with Gasteiger partial charge in [-0.05, 0) is 98.6 Å². The lowest BCUT2D eigenvalue weighted by Crippen LogP contribution is -2.74. The molecule has 0 spiro atoms. The molecule has 0 aliphatic rings. The summed E-state index contributed by atoms with van der Waals surface area (Å²) in [4.78, 5) is 0. The van der Waals surface area contributed by atoms with Gasteiger partial charge in [0.15, 0.2) is 8.07 Å². The fourth-order valence-corrected chi connectivity index (χ4v) is 16.5. The van der Waals surface area contributed by atoms with Gasteiger partial charge < -0.3 is 13.7 Å². The predicted molar refractivity (Wildman–Crippen MR) is 299 cm³/mol. The highest BCUT2D eigenvalue weighted by Gasteiger charge is 2.41. The Labute approximate surface area is 407 Å². The fraction of sp³-hybridized carbons (Fsp3) is 0. The van der Waals surface area contributed by atoms with Crippen LogP contribution in [0.5, 0.6) is 0 Å². The van der Waals surface area contributed by atoms with E-state index in [1.54, 1.807) is 0 Å². The van der Waals surface area contributed by atoms with Gasteiger partial charge in [0.1, 0.15) is 0 Å². The zero-order valence-electron chi connectivity index (χ0n) is 38.3. The Morgan fingerprint density at radius 3 is 1.16 bits per heavy atom. The number of hydrogen-bond donors (Lipinski definition) is 0. The maximum atomic E-state index is 2.54. The molecule has 3 nitrogen and oxygen atoms in total. The smallest absolute Gasteiger partial charge is 0.179 e. The molecule has 0 aliphatic heterocycles. The van der Waals surface area contributed by atoms with Gasteiger partial charge >= 0.3 is 0 Å². The van der Waals surface area contributed by atoms with E-state index in [4.69, 9.17) is 0 Å². The van der Waals surface area contributed by atoms with Crippen LogP contribution >= 0.6 is 0 Å². The molecular weight excluding hydrogens is 863 g/mol. The van der Waals surface area contributed by atoms with E-state index in [9.17, 15) is 0 Å². The summed E-state index contributed by atoms with van der Waals surface area (Å²) >= 11 is 0. The minimum absolute atomic E-state index is 1.11. The zero-order valence-corrected chi connectivity index (χ0v) is 39.3. The molecule has 328 valence electrons. The third-order valence-corrected chi connectivity index (χ3v) is 19.5. The highest BCUT2D eigenvalue weighted by molar-refractivity contribution is 7.20. The molecule has 0 saturated carbocycles. The molecule has 14 aromatic rings. The minimum atomic E-state index is -2.88. The largest absolute Gasteiger partial charge is 0.309 e. The van der Waals surface area contributed by atoms with Gasteiger partial charge in [-0.2, -0.15) is 0 Å². The lowest BCUT2D eigenvalue weighted by molar-refractivity contribution is 1.15. The molecule has 0 aliphatic carbocycles. The molecule has 0 fully saturated rings. The summed E-state index contributed by atoms with van der Waals surface area (Å²) in [5, 5.41) is 12.8. The Balaban J connectivity index is 1.08. The van der Waals surface area contributed by atoms with Crippen LogP contribution in [0, 0.1) is 0 Å². The second-order valence-electron chi connectivity index (χ2n) is 18.5. The molecule has 70 heavy (non-hydrogen) atoms. The number of nitrogens with zero attached hydrogens (tertiary/aromatic N) is 3. The lowest BCUT2D eigenvalue weighted by Gasteiger charge is -2.34. The van der Waals surface area contributed by atoms with Gasteiger partial charge in [0, 0.05) is 49.4 Å². The van der Waals surface area contributed by atoms with Crippen LogP contribution < -0.4 is 20.7 Å². The second kappa shape index (κ2) is 16.1. The van der Waals surface area contributed by atoms with Crippen molar-refractivity contribution in [1.29, 1.82) is 0 Å². The Bertz CT molecular complexity index is 4130. The van der Waals surface area contributed by atoms with Gasteiger partial charge in [-0.15, -0.1) is 0 Å². The van der Waals surface area contributed by atoms with Crippen molar-refractivity contribution in [2.45, 2.75) is 0 Å². The summed E-state index contributed by atoms with van der Waals surface area (Å²) in [6, 6.07) is 101. The van der Waals surface area contributed by atoms with Gasteiger partial charge in [-0.3, -0.25) is 0 Å². The molecule has 14 rings (SSSR count). The van der Waals surface area contributed by atoms with Crippen LogP contribution in [-0.4, -0.2) is 21.8 Å². The Morgan fingerprint density at radius 1 is 0.200 bits per heavy atom. The molecule has 11 aromatic carbocycles. The van der Waals surface area contributed by atoms with Crippen molar-refractivity contribution in [1.82, 2.24) is 13.7 Å². The van der Waals surface area contributed by atoms with E-state index in [2.05, 4.69) is 287 Å². The molecular formula is C66H45N3Si. The first-order valence-electron chi connectivity index (χ1n) is 24.2. The Morgan fingerprint density at radius 2 is 0.586 bits per heavy atom. The molecule has 0 amide bonds. The molecule has 4 heteroatoms. The molecule has 0 saturated heterocycles. The molecule has 3 heterocycles. The summed E-state index contributed by atoms with van der Waals surface area (Å²) in [6.45, 7) is 0. The van der Waals surface area contributed by atoms with E-state index in [0.29, 0.717) is 0 Å². The molecule has 0 bridgehead atoms. The van der Waals surface area contributed by atoms with Crippen LogP contribution in [0.1, 0.15) is 0 Å². The van der Waals surface area contributed by atoms with E-state index in [0.717, 1.165) is 22.6 Å². The number of benzene rings is 11. The first-order valence-corrected chi connectivity index (χ1v) is 26.2. The third kappa shape index (κ3) is 6.07. The second-order valence-corrected chi connectivity index (χ2v) is 22.3. The summed E-state index contributed by atoms with van der Waals surface area (Å²) in [5.41, 5.74) is 12.9. The molecule has 0 N–H and O–H groups in total. The fourth-order valence-electron chi connectivity index (χ4n) is 11.8. The normalized spacial score (nSPS) is 12.0. The van der Waals surface area contributed by atoms with Crippen molar-refractivity contribution in [3.05, 3.63) is 273 Å². The minimum Gasteiger partial charge on any atom is -0.309 e. The first kappa shape index (κ1) is 40.1. The van der Waals surface area contributed by atoms with Gasteiger partial charge in [0.2, 0.25) is 0 Å². The topological polar surface area (TPSA) is 14.8 Å². The monoisotopic (exact) mass is 907 g/mol. The van der Waals surface area contributed by atoms with Crippen molar-refractivity contribution in [3.8, 4) is 28.2 Å². The van der Waals surface area contributed by atoms with Crippen molar-refractivity contribution in [3.63, 3.8) is 0 Å². The number of rotatable bonds is 8. The summed E-state index contributed by atoms with van der Waals surface area (Å²) in [6.07, 6.45) is 0. The maximum absolute atomic E-state index is 2.88. The highest BCUT2D eigenvalue weighted by Crippen LogP contribution is 2.40. The van der Waals surface area contributed by atoms with E-state index in [1.165, 1.54) is 91.8 Å². The maximum Gasteiger partial charge on any atom is 0.179 e. The molecule has 0 atom stereocenters. The van der Waals surface area contributed by atoms with Crippen LogP contribution in [0.25, 0.3) is 93.6 Å². The lowest BCUT2D eigenvalue weighted by atomic mass is 10.1. The molecule has 3 aromatic heterocycles. The predicted octanol–water partition coefficient (Wildman–Crippen LogP) is 14.0.